The van der Waals surface area contributed by atoms with Gasteiger partial charge in [0.25, 0.3) is 5.91 Å². The maximum Gasteiger partial charge on any atom is 0.411 e. The van der Waals surface area contributed by atoms with E-state index in [4.69, 9.17) is 4.74 Å². The van der Waals surface area contributed by atoms with Crippen molar-refractivity contribution in [2.24, 2.45) is 0 Å². The number of likely N-dealkylation sites (N-methyl/N-ethyl adjacent to an activating group) is 1. The molecule has 3 amide bonds. The number of nitrogens with one attached hydrogen (secondary N) is 2. The van der Waals surface area contributed by atoms with Crippen LogP contribution in [-0.2, 0) is 16.1 Å². The van der Waals surface area contributed by atoms with Gasteiger partial charge < -0.3 is 15.4 Å². The zero-order valence-corrected chi connectivity index (χ0v) is 18.3. The van der Waals surface area contributed by atoms with E-state index in [9.17, 15) is 14.4 Å². The lowest BCUT2D eigenvalue weighted by Gasteiger charge is -2.24. The molecule has 1 aliphatic heterocycles. The van der Waals surface area contributed by atoms with Crippen molar-refractivity contribution in [1.82, 2.24) is 10.2 Å². The van der Waals surface area contributed by atoms with E-state index in [0.29, 0.717) is 22.7 Å². The minimum Gasteiger partial charge on any atom is -0.438 e. The largest absolute Gasteiger partial charge is 0.438 e. The van der Waals surface area contributed by atoms with Crippen molar-refractivity contribution in [3.63, 3.8) is 0 Å². The second-order valence-electron chi connectivity index (χ2n) is 7.31. The summed E-state index contributed by atoms with van der Waals surface area (Å²) in [6.45, 7) is 2.52. The first kappa shape index (κ1) is 21.6. The molecule has 32 heavy (non-hydrogen) atoms. The van der Waals surface area contributed by atoms with Gasteiger partial charge in [-0.3, -0.25) is 14.5 Å². The Morgan fingerprint density at radius 2 is 1.88 bits per heavy atom. The number of hydrogen-bond acceptors (Lipinski definition) is 5. The molecule has 0 saturated carbocycles. The molecular weight excluding hydrogens is 426 g/mol. The standard InChI is InChI=1S/C24H23N3O4S/c1-2-25-23(29)20-21(31-24(30)27(20)15-16-8-4-3-5-9-16)17-10-6-11-18(14-17)26-22(28)19-12-7-13-32-19/h3-14,20-21H,2,15H2,1H3,(H,25,29)(H,26,28). The van der Waals surface area contributed by atoms with Crippen molar-refractivity contribution in [3.05, 3.63) is 88.1 Å². The summed E-state index contributed by atoms with van der Waals surface area (Å²) in [6.07, 6.45) is -1.35. The highest BCUT2D eigenvalue weighted by atomic mass is 32.1. The van der Waals surface area contributed by atoms with Gasteiger partial charge in [0.15, 0.2) is 12.1 Å². The minimum absolute atomic E-state index is 0.216. The molecule has 2 N–H and O–H groups in total. The van der Waals surface area contributed by atoms with Crippen molar-refractivity contribution in [1.29, 1.82) is 0 Å². The van der Waals surface area contributed by atoms with E-state index >= 15 is 0 Å². The van der Waals surface area contributed by atoms with E-state index in [2.05, 4.69) is 10.6 Å². The van der Waals surface area contributed by atoms with Crippen LogP contribution in [0, 0.1) is 0 Å². The number of hydrogen-bond donors (Lipinski definition) is 2. The van der Waals surface area contributed by atoms with Crippen LogP contribution < -0.4 is 10.6 Å². The van der Waals surface area contributed by atoms with Crippen LogP contribution in [-0.4, -0.2) is 35.4 Å². The number of ether oxygens (including phenoxy) is 1. The quantitative estimate of drug-likeness (QED) is 0.566. The third-order valence-electron chi connectivity index (χ3n) is 5.12. The fraction of sp³-hybridized carbons (Fsp3) is 0.208. The zero-order valence-electron chi connectivity index (χ0n) is 17.5. The highest BCUT2D eigenvalue weighted by molar-refractivity contribution is 7.12. The molecule has 2 heterocycles. The third-order valence-corrected chi connectivity index (χ3v) is 5.99. The number of anilines is 1. The summed E-state index contributed by atoms with van der Waals surface area (Å²) in [4.78, 5) is 40.2. The van der Waals surface area contributed by atoms with Gasteiger partial charge in [-0.25, -0.2) is 4.79 Å². The number of cyclic esters (lactones) is 1. The predicted octanol–water partition coefficient (Wildman–Crippen LogP) is 4.20. The number of rotatable bonds is 7. The lowest BCUT2D eigenvalue weighted by atomic mass is 10.00. The molecule has 7 nitrogen and oxygen atoms in total. The van der Waals surface area contributed by atoms with Gasteiger partial charge in [0.05, 0.1) is 11.4 Å². The molecule has 0 aliphatic carbocycles. The lowest BCUT2D eigenvalue weighted by molar-refractivity contribution is -0.126. The normalized spacial score (nSPS) is 17.7. The third kappa shape index (κ3) is 4.65. The Kier molecular flexibility index (Phi) is 6.51. The molecule has 0 bridgehead atoms. The van der Waals surface area contributed by atoms with Gasteiger partial charge in [0.1, 0.15) is 0 Å². The van der Waals surface area contributed by atoms with Crippen LogP contribution >= 0.6 is 11.3 Å². The van der Waals surface area contributed by atoms with Crippen LogP contribution in [0.1, 0.15) is 33.8 Å². The van der Waals surface area contributed by atoms with E-state index < -0.39 is 18.2 Å². The first-order valence-electron chi connectivity index (χ1n) is 10.3. The Labute approximate surface area is 190 Å². The molecule has 0 spiro atoms. The van der Waals surface area contributed by atoms with Crippen molar-refractivity contribution in [2.75, 3.05) is 11.9 Å². The highest BCUT2D eigenvalue weighted by Crippen LogP contribution is 2.35. The first-order chi connectivity index (χ1) is 15.6. The second kappa shape index (κ2) is 9.65. The molecule has 164 valence electrons. The van der Waals surface area contributed by atoms with Crippen LogP contribution in [0.5, 0.6) is 0 Å². The van der Waals surface area contributed by atoms with Crippen LogP contribution in [0.3, 0.4) is 0 Å². The maximum atomic E-state index is 12.9. The van der Waals surface area contributed by atoms with Gasteiger partial charge in [-0.2, -0.15) is 0 Å². The fourth-order valence-corrected chi connectivity index (χ4v) is 4.28. The summed E-state index contributed by atoms with van der Waals surface area (Å²) in [5.41, 5.74) is 2.10. The van der Waals surface area contributed by atoms with Gasteiger partial charge in [-0.05, 0) is 41.6 Å². The van der Waals surface area contributed by atoms with E-state index in [1.807, 2.05) is 48.7 Å². The number of nitrogens with zero attached hydrogens (tertiary/aromatic N) is 1. The Morgan fingerprint density at radius 1 is 1.06 bits per heavy atom. The molecule has 1 saturated heterocycles. The van der Waals surface area contributed by atoms with Crippen molar-refractivity contribution >= 4 is 34.9 Å². The van der Waals surface area contributed by atoms with Crippen molar-refractivity contribution < 1.29 is 19.1 Å². The summed E-state index contributed by atoms with van der Waals surface area (Å²) in [6, 6.07) is 19.2. The number of amides is 3. The van der Waals surface area contributed by atoms with Crippen LogP contribution in [0.25, 0.3) is 0 Å². The molecule has 1 aromatic heterocycles. The molecule has 1 fully saturated rings. The van der Waals surface area contributed by atoms with E-state index in [-0.39, 0.29) is 18.4 Å². The molecule has 1 aliphatic rings. The summed E-state index contributed by atoms with van der Waals surface area (Å²) in [5.74, 6) is -0.501. The van der Waals surface area contributed by atoms with Gasteiger partial charge in [0, 0.05) is 12.2 Å². The minimum atomic E-state index is -0.828. The topological polar surface area (TPSA) is 87.7 Å². The molecule has 2 aromatic carbocycles. The first-order valence-corrected chi connectivity index (χ1v) is 11.2. The van der Waals surface area contributed by atoms with Crippen LogP contribution in [0.4, 0.5) is 10.5 Å². The molecule has 8 heteroatoms. The average Bonchev–Trinajstić information content (AvgIpc) is 3.44. The lowest BCUT2D eigenvalue weighted by Crippen LogP contribution is -2.46. The van der Waals surface area contributed by atoms with Crippen LogP contribution in [0.15, 0.2) is 72.1 Å². The van der Waals surface area contributed by atoms with E-state index in [0.717, 1.165) is 5.56 Å². The van der Waals surface area contributed by atoms with Crippen molar-refractivity contribution in [2.45, 2.75) is 25.6 Å². The molecule has 3 aromatic rings. The Morgan fingerprint density at radius 3 is 2.59 bits per heavy atom. The molecular formula is C24H23N3O4S. The van der Waals surface area contributed by atoms with Crippen molar-refractivity contribution in [3.8, 4) is 0 Å². The SMILES string of the molecule is CCNC(=O)C1C(c2cccc(NC(=O)c3cccs3)c2)OC(=O)N1Cc1ccccc1. The average molecular weight is 450 g/mol. The van der Waals surface area contributed by atoms with E-state index in [1.165, 1.54) is 16.2 Å². The predicted molar refractivity (Wildman–Crippen MR) is 122 cm³/mol. The molecule has 0 radical (unpaired) electrons. The molecule has 4 rings (SSSR count). The second-order valence-corrected chi connectivity index (χ2v) is 8.26. The summed E-state index contributed by atoms with van der Waals surface area (Å²) in [7, 11) is 0. The number of carbonyl (C=O) groups is 3. The molecule has 2 unspecified atom stereocenters. The summed E-state index contributed by atoms with van der Waals surface area (Å²) in [5, 5.41) is 7.50. The zero-order chi connectivity index (χ0) is 22.5. The van der Waals surface area contributed by atoms with E-state index in [1.54, 1.807) is 30.3 Å². The maximum absolute atomic E-state index is 12.9. The number of thiophene rings is 1. The smallest absolute Gasteiger partial charge is 0.411 e. The Hall–Kier alpha value is -3.65. The monoisotopic (exact) mass is 449 g/mol. The number of benzene rings is 2. The van der Waals surface area contributed by atoms with Gasteiger partial charge >= 0.3 is 6.09 Å². The Balaban J connectivity index is 1.60. The molecule has 2 atom stereocenters. The van der Waals surface area contributed by atoms with Crippen LogP contribution in [0.2, 0.25) is 0 Å². The fourth-order valence-electron chi connectivity index (χ4n) is 3.66. The van der Waals surface area contributed by atoms with Gasteiger partial charge in [0.2, 0.25) is 5.91 Å². The summed E-state index contributed by atoms with van der Waals surface area (Å²) < 4.78 is 5.66. The van der Waals surface area contributed by atoms with Gasteiger partial charge in [-0.1, -0.05) is 48.5 Å². The number of carbonyl (C=O) groups excluding carboxylic acids is 3. The highest BCUT2D eigenvalue weighted by Gasteiger charge is 2.46. The summed E-state index contributed by atoms with van der Waals surface area (Å²) >= 11 is 1.35. The Bertz CT molecular complexity index is 1100. The van der Waals surface area contributed by atoms with Gasteiger partial charge in [-0.15, -0.1) is 11.3 Å².